The molecule has 0 atom stereocenters. The third kappa shape index (κ3) is 4.47. The van der Waals surface area contributed by atoms with Gasteiger partial charge in [0.05, 0.1) is 12.8 Å². The number of anilines is 1. The number of halogens is 2. The highest BCUT2D eigenvalue weighted by molar-refractivity contribution is 7.14. The number of rotatable bonds is 5. The van der Waals surface area contributed by atoms with Crippen LogP contribution in [0.5, 0.6) is 5.75 Å². The van der Waals surface area contributed by atoms with Gasteiger partial charge in [-0.2, -0.15) is 0 Å². The number of ether oxygens (including phenoxy) is 1. The molecule has 132 valence electrons. The fraction of sp³-hybridized carbons (Fsp3) is 0.0526. The molecule has 3 aromatic rings. The van der Waals surface area contributed by atoms with Crippen molar-refractivity contribution in [3.63, 3.8) is 0 Å². The minimum absolute atomic E-state index is 0.171. The molecule has 2 aromatic carbocycles. The average Bonchev–Trinajstić information content (AvgIpc) is 3.09. The largest absolute Gasteiger partial charge is 0.494 e. The van der Waals surface area contributed by atoms with Crippen molar-refractivity contribution in [3.05, 3.63) is 70.3 Å². The Morgan fingerprint density at radius 1 is 1.27 bits per heavy atom. The topological polar surface area (TPSA) is 51.2 Å². The van der Waals surface area contributed by atoms with Gasteiger partial charge in [-0.3, -0.25) is 10.1 Å². The summed E-state index contributed by atoms with van der Waals surface area (Å²) in [6, 6.07) is 11.7. The van der Waals surface area contributed by atoms with Crippen LogP contribution in [0.25, 0.3) is 17.3 Å². The van der Waals surface area contributed by atoms with Gasteiger partial charge in [-0.15, -0.1) is 11.3 Å². The fourth-order valence-electron chi connectivity index (χ4n) is 2.18. The van der Waals surface area contributed by atoms with E-state index in [0.29, 0.717) is 21.4 Å². The lowest BCUT2D eigenvalue weighted by Gasteiger charge is -2.03. The number of hydrogen-bond acceptors (Lipinski definition) is 4. The molecule has 3 rings (SSSR count). The summed E-state index contributed by atoms with van der Waals surface area (Å²) >= 11 is 7.08. The Bertz CT molecular complexity index is 954. The van der Waals surface area contributed by atoms with E-state index in [0.717, 1.165) is 5.56 Å². The second-order valence-electron chi connectivity index (χ2n) is 5.26. The zero-order valence-corrected chi connectivity index (χ0v) is 15.3. The van der Waals surface area contributed by atoms with E-state index in [4.69, 9.17) is 16.3 Å². The van der Waals surface area contributed by atoms with Gasteiger partial charge >= 0.3 is 0 Å². The molecule has 0 fully saturated rings. The summed E-state index contributed by atoms with van der Waals surface area (Å²) in [7, 11) is 1.41. The quantitative estimate of drug-likeness (QED) is 0.606. The van der Waals surface area contributed by atoms with Crippen LogP contribution in [0.15, 0.2) is 53.9 Å². The van der Waals surface area contributed by atoms with Gasteiger partial charge in [0.15, 0.2) is 16.7 Å². The number of thiazole rings is 1. The van der Waals surface area contributed by atoms with Crippen molar-refractivity contribution in [2.75, 3.05) is 12.4 Å². The predicted octanol–water partition coefficient (Wildman–Crippen LogP) is 5.26. The van der Waals surface area contributed by atoms with Crippen molar-refractivity contribution in [2.24, 2.45) is 0 Å². The first-order valence-electron chi connectivity index (χ1n) is 7.59. The summed E-state index contributed by atoms with van der Waals surface area (Å²) in [5.74, 6) is -0.596. The Morgan fingerprint density at radius 3 is 2.73 bits per heavy atom. The van der Waals surface area contributed by atoms with E-state index in [-0.39, 0.29) is 11.7 Å². The number of nitrogens with one attached hydrogen (secondary N) is 1. The maximum absolute atomic E-state index is 13.8. The van der Waals surface area contributed by atoms with Gasteiger partial charge in [-0.1, -0.05) is 23.7 Å². The Labute approximate surface area is 158 Å². The van der Waals surface area contributed by atoms with Crippen molar-refractivity contribution >= 4 is 40.1 Å². The van der Waals surface area contributed by atoms with E-state index >= 15 is 0 Å². The first-order valence-corrected chi connectivity index (χ1v) is 8.85. The maximum atomic E-state index is 13.8. The van der Waals surface area contributed by atoms with E-state index in [2.05, 4.69) is 10.3 Å². The number of nitrogens with zero attached hydrogens (tertiary/aromatic N) is 1. The Morgan fingerprint density at radius 2 is 2.04 bits per heavy atom. The number of carbonyl (C=O) groups is 1. The van der Waals surface area contributed by atoms with Crippen LogP contribution in [0.4, 0.5) is 9.52 Å². The molecule has 1 N–H and O–H groups in total. The van der Waals surface area contributed by atoms with E-state index in [9.17, 15) is 9.18 Å². The Hall–Kier alpha value is -2.70. The fourth-order valence-corrected chi connectivity index (χ4v) is 3.03. The summed E-state index contributed by atoms with van der Waals surface area (Å²) in [5, 5.41) is 5.51. The molecule has 0 aliphatic rings. The molecule has 0 spiro atoms. The molecule has 1 aromatic heterocycles. The molecule has 0 aliphatic carbocycles. The maximum Gasteiger partial charge on any atom is 0.250 e. The molecule has 1 heterocycles. The first-order chi connectivity index (χ1) is 12.5. The molecule has 7 heteroatoms. The molecule has 0 saturated heterocycles. The first kappa shape index (κ1) is 18.1. The lowest BCUT2D eigenvalue weighted by molar-refractivity contribution is -0.111. The number of carbonyl (C=O) groups excluding carboxylic acids is 1. The van der Waals surface area contributed by atoms with Crippen LogP contribution in [-0.4, -0.2) is 18.0 Å². The smallest absolute Gasteiger partial charge is 0.250 e. The Kier molecular flexibility index (Phi) is 5.65. The molecular formula is C19H14ClFN2O2S. The summed E-state index contributed by atoms with van der Waals surface area (Å²) in [6.07, 6.45) is 3.09. The van der Waals surface area contributed by atoms with E-state index in [1.165, 1.54) is 36.7 Å². The van der Waals surface area contributed by atoms with Crippen molar-refractivity contribution in [1.29, 1.82) is 0 Å². The monoisotopic (exact) mass is 388 g/mol. The van der Waals surface area contributed by atoms with Gasteiger partial charge < -0.3 is 4.74 Å². The number of methoxy groups -OCH3 is 1. The lowest BCUT2D eigenvalue weighted by atomic mass is 10.1. The second kappa shape index (κ2) is 8.12. The second-order valence-corrected chi connectivity index (χ2v) is 6.56. The summed E-state index contributed by atoms with van der Waals surface area (Å²) in [6.45, 7) is 0. The van der Waals surface area contributed by atoms with Gasteiger partial charge in [0.25, 0.3) is 0 Å². The minimum Gasteiger partial charge on any atom is -0.494 e. The summed E-state index contributed by atoms with van der Waals surface area (Å²) in [4.78, 5) is 16.3. The van der Waals surface area contributed by atoms with Crippen molar-refractivity contribution in [2.45, 2.75) is 0 Å². The molecule has 4 nitrogen and oxygen atoms in total. The van der Waals surface area contributed by atoms with E-state index in [1.54, 1.807) is 29.7 Å². The molecular weight excluding hydrogens is 375 g/mol. The molecule has 0 aliphatic heterocycles. The van der Waals surface area contributed by atoms with Crippen LogP contribution >= 0.6 is 22.9 Å². The highest BCUT2D eigenvalue weighted by atomic mass is 35.5. The molecule has 26 heavy (non-hydrogen) atoms. The lowest BCUT2D eigenvalue weighted by Crippen LogP contribution is -2.07. The normalized spacial score (nSPS) is 10.9. The van der Waals surface area contributed by atoms with Gasteiger partial charge in [0, 0.05) is 22.0 Å². The predicted molar refractivity (Wildman–Crippen MR) is 103 cm³/mol. The summed E-state index contributed by atoms with van der Waals surface area (Å²) < 4.78 is 18.7. The molecule has 0 unspecified atom stereocenters. The van der Waals surface area contributed by atoms with Crippen molar-refractivity contribution < 1.29 is 13.9 Å². The van der Waals surface area contributed by atoms with Crippen molar-refractivity contribution in [3.8, 4) is 17.0 Å². The minimum atomic E-state index is -0.463. The highest BCUT2D eigenvalue weighted by Gasteiger charge is 2.09. The molecule has 0 radical (unpaired) electrons. The van der Waals surface area contributed by atoms with Crippen LogP contribution in [0, 0.1) is 5.82 Å². The molecule has 0 saturated carbocycles. The zero-order valence-electron chi connectivity index (χ0n) is 13.7. The van der Waals surface area contributed by atoms with Gasteiger partial charge in [-0.25, -0.2) is 9.37 Å². The van der Waals surface area contributed by atoms with Crippen LogP contribution < -0.4 is 10.1 Å². The number of amides is 1. The van der Waals surface area contributed by atoms with Crippen LogP contribution in [0.2, 0.25) is 5.02 Å². The van der Waals surface area contributed by atoms with Crippen LogP contribution in [0.1, 0.15) is 5.56 Å². The SMILES string of the molecule is COc1ccc(-c2csc(NC(=O)/C=C/c3ccc(Cl)cc3)n2)cc1F. The molecule has 0 bridgehead atoms. The molecule has 1 amide bonds. The van der Waals surface area contributed by atoms with E-state index in [1.807, 2.05) is 12.1 Å². The van der Waals surface area contributed by atoms with E-state index < -0.39 is 5.82 Å². The van der Waals surface area contributed by atoms with Gasteiger partial charge in [0.1, 0.15) is 0 Å². The summed E-state index contributed by atoms with van der Waals surface area (Å²) in [5.41, 5.74) is 2.04. The van der Waals surface area contributed by atoms with Crippen molar-refractivity contribution in [1.82, 2.24) is 4.98 Å². The zero-order chi connectivity index (χ0) is 18.5. The Balaban J connectivity index is 1.67. The highest BCUT2D eigenvalue weighted by Crippen LogP contribution is 2.28. The van der Waals surface area contributed by atoms with Gasteiger partial charge in [-0.05, 0) is 42.0 Å². The number of benzene rings is 2. The standard InChI is InChI=1S/C19H14ClFN2O2S/c1-25-17-8-5-13(10-15(17)21)16-11-26-19(22-16)23-18(24)9-4-12-2-6-14(20)7-3-12/h2-11H,1H3,(H,22,23,24)/b9-4+. The third-order valence-corrected chi connectivity index (χ3v) is 4.49. The van der Waals surface area contributed by atoms with Crippen LogP contribution in [0.3, 0.4) is 0 Å². The number of aromatic nitrogens is 1. The average molecular weight is 389 g/mol. The van der Waals surface area contributed by atoms with Gasteiger partial charge in [0.2, 0.25) is 5.91 Å². The number of hydrogen-bond donors (Lipinski definition) is 1. The third-order valence-electron chi connectivity index (χ3n) is 3.48. The van der Waals surface area contributed by atoms with Crippen LogP contribution in [-0.2, 0) is 4.79 Å².